The minimum absolute atomic E-state index is 0.0906. The minimum Gasteiger partial charge on any atom is -0.497 e. The average Bonchev–Trinajstić information content (AvgIpc) is 3.26. The van der Waals surface area contributed by atoms with E-state index in [4.69, 9.17) is 9.47 Å². The molecular weight excluding hydrogens is 412 g/mol. The van der Waals surface area contributed by atoms with Crippen LogP contribution in [-0.4, -0.2) is 66.8 Å². The van der Waals surface area contributed by atoms with Crippen LogP contribution >= 0.6 is 11.3 Å². The van der Waals surface area contributed by atoms with Crippen molar-refractivity contribution < 1.29 is 19.4 Å². The molecule has 0 radical (unpaired) electrons. The smallest absolute Gasteiger partial charge is 0.237 e. The Morgan fingerprint density at radius 3 is 2.87 bits per heavy atom. The quantitative estimate of drug-likeness (QED) is 0.570. The first-order valence-electron chi connectivity index (χ1n) is 11.1. The van der Waals surface area contributed by atoms with Gasteiger partial charge in [0.05, 0.1) is 25.8 Å². The number of carbonyl (C=O) groups excluding carboxylic acids is 1. The summed E-state index contributed by atoms with van der Waals surface area (Å²) in [6, 6.07) is 9.54. The first-order chi connectivity index (χ1) is 15.0. The number of thiophene rings is 1. The number of amides is 1. The molecule has 0 spiro atoms. The van der Waals surface area contributed by atoms with Gasteiger partial charge in [0.1, 0.15) is 18.1 Å². The molecule has 0 saturated heterocycles. The highest BCUT2D eigenvalue weighted by Crippen LogP contribution is 2.34. The lowest BCUT2D eigenvalue weighted by Crippen LogP contribution is -2.47. The van der Waals surface area contributed by atoms with Gasteiger partial charge in [0.25, 0.3) is 0 Å². The number of fused-ring (bicyclic) bond motifs is 1. The molecule has 170 valence electrons. The number of aliphatic hydroxyl groups excluding tert-OH is 1. The van der Waals surface area contributed by atoms with Crippen LogP contribution in [0.5, 0.6) is 11.5 Å². The Morgan fingerprint density at radius 2 is 2.13 bits per heavy atom. The van der Waals surface area contributed by atoms with E-state index in [1.165, 1.54) is 10.4 Å². The molecule has 2 heterocycles. The Kier molecular flexibility index (Phi) is 8.75. The molecule has 31 heavy (non-hydrogen) atoms. The number of rotatable bonds is 11. The molecular formula is C24H34N2O4S. The zero-order valence-corrected chi connectivity index (χ0v) is 19.6. The van der Waals surface area contributed by atoms with Crippen molar-refractivity contribution in [1.82, 2.24) is 9.80 Å². The molecule has 0 fully saturated rings. The molecule has 6 nitrogen and oxygen atoms in total. The standard InChI is InChI=1S/C24H34N2O4S/c1-4-11-25(15-18(27)5-2)16-24(28)26-12-9-23-21(10-13-31-23)22(26)17-30-20-8-6-7-19(14-20)29-3/h6-8,10,13-14,18,22,27H,4-5,9,11-12,15-17H2,1-3H3/t18-,22+/m1/s1. The Balaban J connectivity index is 1.73. The highest BCUT2D eigenvalue weighted by atomic mass is 32.1. The molecule has 2 aromatic rings. The van der Waals surface area contributed by atoms with E-state index in [9.17, 15) is 9.90 Å². The molecule has 1 aromatic carbocycles. The summed E-state index contributed by atoms with van der Waals surface area (Å²) in [6.07, 6.45) is 2.10. The average molecular weight is 447 g/mol. The van der Waals surface area contributed by atoms with Gasteiger partial charge in [-0.1, -0.05) is 19.9 Å². The minimum atomic E-state index is -0.406. The second-order valence-corrected chi connectivity index (χ2v) is 8.94. The predicted molar refractivity (Wildman–Crippen MR) is 124 cm³/mol. The Labute approximate surface area is 189 Å². The third-order valence-corrected chi connectivity index (χ3v) is 6.70. The molecule has 1 N–H and O–H groups in total. The topological polar surface area (TPSA) is 62.2 Å². The highest BCUT2D eigenvalue weighted by molar-refractivity contribution is 7.10. The van der Waals surface area contributed by atoms with Crippen LogP contribution in [0.4, 0.5) is 0 Å². The molecule has 2 atom stereocenters. The largest absolute Gasteiger partial charge is 0.497 e. The predicted octanol–water partition coefficient (Wildman–Crippen LogP) is 3.74. The van der Waals surface area contributed by atoms with Crippen molar-refractivity contribution in [2.75, 3.05) is 39.9 Å². The van der Waals surface area contributed by atoms with E-state index in [1.807, 2.05) is 36.1 Å². The van der Waals surface area contributed by atoms with Crippen LogP contribution in [0, 0.1) is 0 Å². The van der Waals surface area contributed by atoms with Crippen molar-refractivity contribution in [3.63, 3.8) is 0 Å². The SMILES string of the molecule is CCCN(CC(=O)N1CCc2sccc2[C@@H]1COc1cccc(OC)c1)C[C@H](O)CC. The van der Waals surface area contributed by atoms with Gasteiger partial charge in [0.2, 0.25) is 5.91 Å². The van der Waals surface area contributed by atoms with Crippen LogP contribution in [0.2, 0.25) is 0 Å². The van der Waals surface area contributed by atoms with E-state index in [-0.39, 0.29) is 11.9 Å². The first-order valence-corrected chi connectivity index (χ1v) is 12.0. The molecule has 7 heteroatoms. The number of hydrogen-bond donors (Lipinski definition) is 1. The second kappa shape index (κ2) is 11.5. The summed E-state index contributed by atoms with van der Waals surface area (Å²) in [5, 5.41) is 12.2. The number of ether oxygens (including phenoxy) is 2. The van der Waals surface area contributed by atoms with Crippen molar-refractivity contribution in [3.05, 3.63) is 46.2 Å². The lowest BCUT2D eigenvalue weighted by molar-refractivity contribution is -0.136. The Morgan fingerprint density at radius 1 is 1.32 bits per heavy atom. The molecule has 0 unspecified atom stereocenters. The van der Waals surface area contributed by atoms with E-state index in [2.05, 4.69) is 23.3 Å². The summed E-state index contributed by atoms with van der Waals surface area (Å²) >= 11 is 1.75. The maximum atomic E-state index is 13.3. The van der Waals surface area contributed by atoms with Crippen molar-refractivity contribution in [2.45, 2.75) is 45.3 Å². The van der Waals surface area contributed by atoms with Gasteiger partial charge in [-0.15, -0.1) is 11.3 Å². The molecule has 1 amide bonds. The summed E-state index contributed by atoms with van der Waals surface area (Å²) in [7, 11) is 1.63. The van der Waals surface area contributed by atoms with Gasteiger partial charge in [0, 0.05) is 24.0 Å². The molecule has 1 aliphatic heterocycles. The van der Waals surface area contributed by atoms with Crippen molar-refractivity contribution in [2.24, 2.45) is 0 Å². The Hall–Kier alpha value is -2.09. The van der Waals surface area contributed by atoms with Gasteiger partial charge < -0.3 is 19.5 Å². The van der Waals surface area contributed by atoms with Gasteiger partial charge in [-0.25, -0.2) is 0 Å². The lowest BCUT2D eigenvalue weighted by atomic mass is 10.0. The van der Waals surface area contributed by atoms with E-state index in [1.54, 1.807) is 18.4 Å². The molecule has 1 aliphatic rings. The van der Waals surface area contributed by atoms with E-state index in [0.29, 0.717) is 32.7 Å². The van der Waals surface area contributed by atoms with Gasteiger partial charge in [-0.05, 0) is 54.9 Å². The van der Waals surface area contributed by atoms with Gasteiger partial charge in [-0.3, -0.25) is 9.69 Å². The molecule has 3 rings (SSSR count). The van der Waals surface area contributed by atoms with Crippen LogP contribution < -0.4 is 9.47 Å². The van der Waals surface area contributed by atoms with Crippen LogP contribution in [0.25, 0.3) is 0 Å². The summed E-state index contributed by atoms with van der Waals surface area (Å²) in [5.74, 6) is 1.57. The van der Waals surface area contributed by atoms with Crippen LogP contribution in [-0.2, 0) is 11.2 Å². The van der Waals surface area contributed by atoms with E-state index < -0.39 is 6.10 Å². The third-order valence-electron chi connectivity index (χ3n) is 5.70. The normalized spacial score (nSPS) is 16.8. The maximum absolute atomic E-state index is 13.3. The zero-order valence-electron chi connectivity index (χ0n) is 18.8. The third kappa shape index (κ3) is 6.21. The fourth-order valence-electron chi connectivity index (χ4n) is 4.00. The number of benzene rings is 1. The summed E-state index contributed by atoms with van der Waals surface area (Å²) in [6.45, 7) is 6.79. The van der Waals surface area contributed by atoms with Crippen LogP contribution in [0.1, 0.15) is 43.2 Å². The molecule has 0 bridgehead atoms. The second-order valence-electron chi connectivity index (χ2n) is 7.94. The number of methoxy groups -OCH3 is 1. The monoisotopic (exact) mass is 446 g/mol. The Bertz CT molecular complexity index is 840. The van der Waals surface area contributed by atoms with Crippen LogP contribution in [0.3, 0.4) is 0 Å². The van der Waals surface area contributed by atoms with Gasteiger partial charge >= 0.3 is 0 Å². The van der Waals surface area contributed by atoms with Crippen molar-refractivity contribution >= 4 is 17.2 Å². The molecule has 0 saturated carbocycles. The molecule has 0 aliphatic carbocycles. The number of nitrogens with zero attached hydrogens (tertiary/aromatic N) is 2. The highest BCUT2D eigenvalue weighted by Gasteiger charge is 2.33. The lowest BCUT2D eigenvalue weighted by Gasteiger charge is -2.37. The fourth-order valence-corrected chi connectivity index (χ4v) is 4.93. The van der Waals surface area contributed by atoms with Gasteiger partial charge in [-0.2, -0.15) is 0 Å². The van der Waals surface area contributed by atoms with E-state index >= 15 is 0 Å². The zero-order chi connectivity index (χ0) is 22.2. The number of carbonyl (C=O) groups is 1. The maximum Gasteiger partial charge on any atom is 0.237 e. The fraction of sp³-hybridized carbons (Fsp3) is 0.542. The first kappa shape index (κ1) is 23.6. The van der Waals surface area contributed by atoms with Gasteiger partial charge in [0.15, 0.2) is 0 Å². The summed E-state index contributed by atoms with van der Waals surface area (Å²) < 4.78 is 11.4. The summed E-state index contributed by atoms with van der Waals surface area (Å²) in [4.78, 5) is 18.7. The van der Waals surface area contributed by atoms with Crippen LogP contribution in [0.15, 0.2) is 35.7 Å². The molecule has 1 aromatic heterocycles. The summed E-state index contributed by atoms with van der Waals surface area (Å²) in [5.41, 5.74) is 1.18. The number of hydrogen-bond acceptors (Lipinski definition) is 6. The van der Waals surface area contributed by atoms with Crippen molar-refractivity contribution in [1.29, 1.82) is 0 Å². The van der Waals surface area contributed by atoms with Crippen molar-refractivity contribution in [3.8, 4) is 11.5 Å². The van der Waals surface area contributed by atoms with E-state index in [0.717, 1.165) is 30.9 Å². The number of aliphatic hydroxyl groups is 1.